The standard InChI is InChI=1S/C10H20N/c1-2-3-9-11-10-7-5-4-6-8-10/h7,10-11H,2-6,8-9H2,1H3. The molecule has 1 fully saturated rings. The summed E-state index contributed by atoms with van der Waals surface area (Å²) >= 11 is 0. The van der Waals surface area contributed by atoms with Gasteiger partial charge in [0.25, 0.3) is 0 Å². The van der Waals surface area contributed by atoms with E-state index in [1.165, 1.54) is 45.1 Å². The van der Waals surface area contributed by atoms with E-state index >= 15 is 0 Å². The Morgan fingerprint density at radius 2 is 2.36 bits per heavy atom. The summed E-state index contributed by atoms with van der Waals surface area (Å²) in [5.41, 5.74) is 0. The second-order valence-corrected chi connectivity index (χ2v) is 3.43. The predicted octanol–water partition coefficient (Wildman–Crippen LogP) is 2.52. The topological polar surface area (TPSA) is 12.0 Å². The van der Waals surface area contributed by atoms with E-state index in [1.807, 2.05) is 0 Å². The first-order chi connectivity index (χ1) is 5.43. The largest absolute Gasteiger partial charge is 0.314 e. The van der Waals surface area contributed by atoms with E-state index in [0.717, 1.165) is 6.04 Å². The molecule has 1 heteroatoms. The summed E-state index contributed by atoms with van der Waals surface area (Å²) in [4.78, 5) is 0. The third-order valence-corrected chi connectivity index (χ3v) is 2.36. The lowest BCUT2D eigenvalue weighted by Gasteiger charge is -2.22. The van der Waals surface area contributed by atoms with Crippen LogP contribution in [0.1, 0.15) is 45.4 Å². The average Bonchev–Trinajstić information content (AvgIpc) is 2.07. The minimum absolute atomic E-state index is 0.732. The van der Waals surface area contributed by atoms with E-state index in [4.69, 9.17) is 0 Å². The summed E-state index contributed by atoms with van der Waals surface area (Å²) < 4.78 is 0. The Labute approximate surface area is 70.6 Å². The Kier molecular flexibility index (Phi) is 4.60. The van der Waals surface area contributed by atoms with Crippen molar-refractivity contribution in [1.82, 2.24) is 5.32 Å². The zero-order valence-electron chi connectivity index (χ0n) is 7.60. The van der Waals surface area contributed by atoms with Gasteiger partial charge in [0, 0.05) is 6.04 Å². The number of hydrogen-bond acceptors (Lipinski definition) is 1. The molecule has 1 unspecified atom stereocenters. The van der Waals surface area contributed by atoms with Crippen LogP contribution in [0.3, 0.4) is 0 Å². The predicted molar refractivity (Wildman–Crippen MR) is 49.5 cm³/mol. The first kappa shape index (κ1) is 9.05. The molecule has 1 rings (SSSR count). The summed E-state index contributed by atoms with van der Waals surface area (Å²) in [6.07, 6.45) is 10.6. The van der Waals surface area contributed by atoms with E-state index < -0.39 is 0 Å². The van der Waals surface area contributed by atoms with Crippen LogP contribution in [-0.4, -0.2) is 12.6 Å². The van der Waals surface area contributed by atoms with Crippen molar-refractivity contribution in [3.05, 3.63) is 6.42 Å². The number of unbranched alkanes of at least 4 members (excludes halogenated alkanes) is 1. The molecule has 1 atom stereocenters. The quantitative estimate of drug-likeness (QED) is 0.613. The van der Waals surface area contributed by atoms with Crippen molar-refractivity contribution in [1.29, 1.82) is 0 Å². The van der Waals surface area contributed by atoms with Gasteiger partial charge in [-0.25, -0.2) is 0 Å². The SMILES string of the molecule is CCCCNC1[CH]CCCC1. The monoisotopic (exact) mass is 154 g/mol. The molecule has 0 amide bonds. The molecule has 0 aliphatic heterocycles. The van der Waals surface area contributed by atoms with Gasteiger partial charge in [-0.15, -0.1) is 0 Å². The Hall–Kier alpha value is -0.0400. The lowest BCUT2D eigenvalue weighted by Crippen LogP contribution is -2.32. The van der Waals surface area contributed by atoms with Crippen LogP contribution in [0.15, 0.2) is 0 Å². The maximum atomic E-state index is 3.57. The molecule has 1 saturated carbocycles. The molecule has 65 valence electrons. The molecule has 1 aliphatic carbocycles. The fourth-order valence-electron chi connectivity index (χ4n) is 1.60. The van der Waals surface area contributed by atoms with Gasteiger partial charge in [-0.1, -0.05) is 26.2 Å². The first-order valence-electron chi connectivity index (χ1n) is 5.00. The first-order valence-corrected chi connectivity index (χ1v) is 5.00. The van der Waals surface area contributed by atoms with Gasteiger partial charge >= 0.3 is 0 Å². The van der Waals surface area contributed by atoms with E-state index in [9.17, 15) is 0 Å². The molecule has 1 nitrogen and oxygen atoms in total. The Balaban J connectivity index is 1.96. The van der Waals surface area contributed by atoms with Gasteiger partial charge in [0.05, 0.1) is 0 Å². The maximum absolute atomic E-state index is 3.57. The molecule has 0 spiro atoms. The second-order valence-electron chi connectivity index (χ2n) is 3.43. The van der Waals surface area contributed by atoms with Gasteiger partial charge in [-0.05, 0) is 32.2 Å². The Morgan fingerprint density at radius 3 is 3.00 bits per heavy atom. The summed E-state index contributed by atoms with van der Waals surface area (Å²) in [6, 6.07) is 0.732. The van der Waals surface area contributed by atoms with Crippen molar-refractivity contribution in [3.63, 3.8) is 0 Å². The third kappa shape index (κ3) is 3.76. The highest BCUT2D eigenvalue weighted by atomic mass is 14.9. The molecule has 0 aromatic carbocycles. The zero-order chi connectivity index (χ0) is 7.94. The molecule has 1 N–H and O–H groups in total. The molecule has 1 aliphatic rings. The Bertz CT molecular complexity index is 84.9. The van der Waals surface area contributed by atoms with Gasteiger partial charge in [-0.2, -0.15) is 0 Å². The fourth-order valence-corrected chi connectivity index (χ4v) is 1.60. The highest BCUT2D eigenvalue weighted by Gasteiger charge is 2.11. The van der Waals surface area contributed by atoms with Crippen LogP contribution in [-0.2, 0) is 0 Å². The van der Waals surface area contributed by atoms with Gasteiger partial charge in [0.1, 0.15) is 0 Å². The van der Waals surface area contributed by atoms with Gasteiger partial charge in [-0.3, -0.25) is 0 Å². The van der Waals surface area contributed by atoms with E-state index in [2.05, 4.69) is 18.7 Å². The van der Waals surface area contributed by atoms with Crippen molar-refractivity contribution < 1.29 is 0 Å². The Morgan fingerprint density at radius 1 is 1.45 bits per heavy atom. The van der Waals surface area contributed by atoms with Crippen LogP contribution in [0.2, 0.25) is 0 Å². The van der Waals surface area contributed by atoms with Crippen molar-refractivity contribution in [2.75, 3.05) is 6.54 Å². The minimum Gasteiger partial charge on any atom is -0.314 e. The molecule has 0 aromatic rings. The number of nitrogens with one attached hydrogen (secondary N) is 1. The highest BCUT2D eigenvalue weighted by Crippen LogP contribution is 2.16. The second kappa shape index (κ2) is 5.59. The van der Waals surface area contributed by atoms with Gasteiger partial charge in [0.15, 0.2) is 0 Å². The lowest BCUT2D eigenvalue weighted by atomic mass is 9.95. The van der Waals surface area contributed by atoms with Crippen LogP contribution in [0, 0.1) is 6.42 Å². The van der Waals surface area contributed by atoms with Gasteiger partial charge < -0.3 is 5.32 Å². The van der Waals surface area contributed by atoms with Crippen LogP contribution < -0.4 is 5.32 Å². The fraction of sp³-hybridized carbons (Fsp3) is 0.900. The number of hydrogen-bond donors (Lipinski definition) is 1. The minimum atomic E-state index is 0.732. The average molecular weight is 154 g/mol. The van der Waals surface area contributed by atoms with E-state index in [1.54, 1.807) is 0 Å². The van der Waals surface area contributed by atoms with Crippen molar-refractivity contribution in [2.45, 2.75) is 51.5 Å². The smallest absolute Gasteiger partial charge is 0.00985 e. The molecule has 0 aromatic heterocycles. The normalized spacial score (nSPS) is 20.5. The molecule has 0 bridgehead atoms. The van der Waals surface area contributed by atoms with Gasteiger partial charge in [0.2, 0.25) is 0 Å². The molecular formula is C10H20N. The van der Waals surface area contributed by atoms with Crippen LogP contribution in [0.25, 0.3) is 0 Å². The lowest BCUT2D eigenvalue weighted by molar-refractivity contribution is 0.444. The molecule has 0 heterocycles. The third-order valence-electron chi connectivity index (χ3n) is 2.36. The van der Waals surface area contributed by atoms with Crippen LogP contribution in [0.4, 0.5) is 0 Å². The molecular weight excluding hydrogens is 134 g/mol. The highest BCUT2D eigenvalue weighted by molar-refractivity contribution is 4.86. The van der Waals surface area contributed by atoms with Crippen molar-refractivity contribution >= 4 is 0 Å². The maximum Gasteiger partial charge on any atom is 0.00985 e. The number of rotatable bonds is 4. The summed E-state index contributed by atoms with van der Waals surface area (Å²) in [5, 5.41) is 3.57. The van der Waals surface area contributed by atoms with Crippen LogP contribution in [0.5, 0.6) is 0 Å². The molecule has 11 heavy (non-hydrogen) atoms. The summed E-state index contributed by atoms with van der Waals surface area (Å²) in [6.45, 7) is 3.45. The van der Waals surface area contributed by atoms with Crippen molar-refractivity contribution in [3.8, 4) is 0 Å². The summed E-state index contributed by atoms with van der Waals surface area (Å²) in [7, 11) is 0. The molecule has 0 saturated heterocycles. The van der Waals surface area contributed by atoms with E-state index in [-0.39, 0.29) is 0 Å². The van der Waals surface area contributed by atoms with Crippen LogP contribution >= 0.6 is 0 Å². The molecule has 1 radical (unpaired) electrons. The van der Waals surface area contributed by atoms with Crippen molar-refractivity contribution in [2.24, 2.45) is 0 Å². The van der Waals surface area contributed by atoms with E-state index in [0.29, 0.717) is 0 Å². The summed E-state index contributed by atoms with van der Waals surface area (Å²) in [5.74, 6) is 0. The zero-order valence-corrected chi connectivity index (χ0v) is 7.60.